The largest absolute Gasteiger partial charge is 0.493 e. The van der Waals surface area contributed by atoms with Crippen molar-refractivity contribution in [2.45, 2.75) is 32.4 Å². The number of hydrogen-bond donors (Lipinski definition) is 2. The molecule has 1 heterocycles. The number of nitrogens with zero attached hydrogens (tertiary/aromatic N) is 1. The van der Waals surface area contributed by atoms with Crippen molar-refractivity contribution in [2.24, 2.45) is 5.92 Å². The number of pyridine rings is 1. The molecule has 1 aliphatic rings. The Bertz CT molecular complexity index is 758. The van der Waals surface area contributed by atoms with E-state index in [9.17, 15) is 4.79 Å². The lowest BCUT2D eigenvalue weighted by Crippen LogP contribution is -2.36. The SMILES string of the molecule is COc1cc(C(C)NC(=O)CNCC2CC2)ccc1OCc1ccncc1.Cl.Cl. The summed E-state index contributed by atoms with van der Waals surface area (Å²) >= 11 is 0. The Hall–Kier alpha value is -2.02. The van der Waals surface area contributed by atoms with Gasteiger partial charge in [0.15, 0.2) is 11.5 Å². The van der Waals surface area contributed by atoms with Crippen LogP contribution in [0, 0.1) is 5.92 Å². The molecule has 1 aliphatic carbocycles. The maximum Gasteiger partial charge on any atom is 0.234 e. The standard InChI is InChI=1S/C21H27N3O3.2ClH/c1-15(24-21(25)13-23-12-16-3-4-16)18-5-6-19(20(11-18)26-2)27-14-17-7-9-22-10-8-17;;/h5-11,15-16,23H,3-4,12-14H2,1-2H3,(H,24,25);2*1H. The first-order chi connectivity index (χ1) is 13.2. The summed E-state index contributed by atoms with van der Waals surface area (Å²) in [7, 11) is 1.61. The second-order valence-corrected chi connectivity index (χ2v) is 6.92. The molecule has 2 aromatic rings. The normalized spacial score (nSPS) is 13.4. The van der Waals surface area contributed by atoms with E-state index >= 15 is 0 Å². The summed E-state index contributed by atoms with van der Waals surface area (Å²) in [4.78, 5) is 16.1. The van der Waals surface area contributed by atoms with Gasteiger partial charge in [-0.2, -0.15) is 0 Å². The zero-order valence-corrected chi connectivity index (χ0v) is 18.4. The van der Waals surface area contributed by atoms with Crippen LogP contribution >= 0.6 is 24.8 Å². The topological polar surface area (TPSA) is 72.5 Å². The summed E-state index contributed by atoms with van der Waals surface area (Å²) < 4.78 is 11.3. The number of halogens is 2. The molecule has 0 saturated heterocycles. The summed E-state index contributed by atoms with van der Waals surface area (Å²) in [6, 6.07) is 9.45. The van der Waals surface area contributed by atoms with Crippen LogP contribution in [0.3, 0.4) is 0 Å². The summed E-state index contributed by atoms with van der Waals surface area (Å²) in [6.07, 6.45) is 6.03. The molecule has 1 atom stereocenters. The number of nitrogens with one attached hydrogen (secondary N) is 2. The molecular weight excluding hydrogens is 413 g/mol. The van der Waals surface area contributed by atoms with Crippen LogP contribution in [0.2, 0.25) is 0 Å². The van der Waals surface area contributed by atoms with Gasteiger partial charge in [-0.3, -0.25) is 9.78 Å². The van der Waals surface area contributed by atoms with Crippen molar-refractivity contribution < 1.29 is 14.3 Å². The number of ether oxygens (including phenoxy) is 2. The lowest BCUT2D eigenvalue weighted by molar-refractivity contribution is -0.120. The zero-order chi connectivity index (χ0) is 19.1. The lowest BCUT2D eigenvalue weighted by atomic mass is 10.1. The Morgan fingerprint density at radius 2 is 1.90 bits per heavy atom. The molecule has 8 heteroatoms. The quantitative estimate of drug-likeness (QED) is 0.587. The Balaban J connectivity index is 0.00000210. The molecule has 0 aliphatic heterocycles. The maximum absolute atomic E-state index is 12.1. The molecule has 6 nitrogen and oxygen atoms in total. The Morgan fingerprint density at radius 3 is 2.55 bits per heavy atom. The van der Waals surface area contributed by atoms with E-state index in [4.69, 9.17) is 9.47 Å². The van der Waals surface area contributed by atoms with Crippen molar-refractivity contribution in [3.8, 4) is 11.5 Å². The third kappa shape index (κ3) is 8.09. The molecule has 0 radical (unpaired) electrons. The number of methoxy groups -OCH3 is 1. The van der Waals surface area contributed by atoms with Crippen LogP contribution in [0.15, 0.2) is 42.7 Å². The highest BCUT2D eigenvalue weighted by Crippen LogP contribution is 2.31. The summed E-state index contributed by atoms with van der Waals surface area (Å²) in [5.74, 6) is 2.08. The first-order valence-corrected chi connectivity index (χ1v) is 9.35. The zero-order valence-electron chi connectivity index (χ0n) is 16.7. The van der Waals surface area contributed by atoms with E-state index in [0.717, 1.165) is 23.6 Å². The number of carbonyl (C=O) groups is 1. The number of benzene rings is 1. The molecule has 1 fully saturated rings. The van der Waals surface area contributed by atoms with Crippen molar-refractivity contribution in [3.05, 3.63) is 53.9 Å². The number of rotatable bonds is 10. The van der Waals surface area contributed by atoms with E-state index in [1.807, 2.05) is 37.3 Å². The molecule has 0 spiro atoms. The van der Waals surface area contributed by atoms with Crippen LogP contribution in [-0.4, -0.2) is 31.1 Å². The van der Waals surface area contributed by atoms with Crippen molar-refractivity contribution in [1.29, 1.82) is 0 Å². The highest BCUT2D eigenvalue weighted by Gasteiger charge is 2.21. The molecule has 1 aromatic carbocycles. The third-order valence-electron chi connectivity index (χ3n) is 4.62. The predicted octanol–water partition coefficient (Wildman–Crippen LogP) is 3.69. The van der Waals surface area contributed by atoms with E-state index in [1.165, 1.54) is 12.8 Å². The van der Waals surface area contributed by atoms with E-state index in [-0.39, 0.29) is 36.8 Å². The van der Waals surface area contributed by atoms with Gasteiger partial charge in [0, 0.05) is 12.4 Å². The number of aromatic nitrogens is 1. The van der Waals surface area contributed by atoms with Crippen LogP contribution < -0.4 is 20.1 Å². The molecule has 1 aromatic heterocycles. The van der Waals surface area contributed by atoms with E-state index < -0.39 is 0 Å². The van der Waals surface area contributed by atoms with Gasteiger partial charge in [0.1, 0.15) is 6.61 Å². The number of hydrogen-bond acceptors (Lipinski definition) is 5. The van der Waals surface area contributed by atoms with Crippen LogP contribution in [0.5, 0.6) is 11.5 Å². The highest BCUT2D eigenvalue weighted by atomic mass is 35.5. The minimum Gasteiger partial charge on any atom is -0.493 e. The van der Waals surface area contributed by atoms with Gasteiger partial charge < -0.3 is 20.1 Å². The van der Waals surface area contributed by atoms with Crippen molar-refractivity contribution in [2.75, 3.05) is 20.2 Å². The minimum absolute atomic E-state index is 0. The average molecular weight is 442 g/mol. The van der Waals surface area contributed by atoms with Crippen molar-refractivity contribution in [1.82, 2.24) is 15.6 Å². The van der Waals surface area contributed by atoms with Gasteiger partial charge in [0.2, 0.25) is 5.91 Å². The molecule has 160 valence electrons. The second kappa shape index (κ2) is 12.5. The summed E-state index contributed by atoms with van der Waals surface area (Å²) in [5, 5.41) is 6.22. The molecule has 3 rings (SSSR count). The first-order valence-electron chi connectivity index (χ1n) is 9.35. The van der Waals surface area contributed by atoms with Gasteiger partial charge in [0.25, 0.3) is 0 Å². The summed E-state index contributed by atoms with van der Waals surface area (Å²) in [6.45, 7) is 3.69. The van der Waals surface area contributed by atoms with Crippen molar-refractivity contribution >= 4 is 30.7 Å². The monoisotopic (exact) mass is 441 g/mol. The Labute approximate surface area is 184 Å². The van der Waals surface area contributed by atoms with E-state index in [0.29, 0.717) is 24.7 Å². The minimum atomic E-state index is -0.108. The van der Waals surface area contributed by atoms with Gasteiger partial charge in [-0.05, 0) is 67.6 Å². The van der Waals surface area contributed by atoms with E-state index in [1.54, 1.807) is 19.5 Å². The number of amides is 1. The fourth-order valence-corrected chi connectivity index (χ4v) is 2.80. The molecule has 1 unspecified atom stereocenters. The molecule has 1 amide bonds. The molecular formula is C21H29Cl2N3O3. The van der Waals surface area contributed by atoms with Gasteiger partial charge >= 0.3 is 0 Å². The van der Waals surface area contributed by atoms with Gasteiger partial charge in [-0.15, -0.1) is 24.8 Å². The van der Waals surface area contributed by atoms with Crippen LogP contribution in [0.1, 0.15) is 36.9 Å². The Morgan fingerprint density at radius 1 is 1.17 bits per heavy atom. The summed E-state index contributed by atoms with van der Waals surface area (Å²) in [5.41, 5.74) is 2.01. The van der Waals surface area contributed by atoms with Crippen LogP contribution in [-0.2, 0) is 11.4 Å². The average Bonchev–Trinajstić information content (AvgIpc) is 3.51. The smallest absolute Gasteiger partial charge is 0.234 e. The number of carbonyl (C=O) groups excluding carboxylic acids is 1. The van der Waals surface area contributed by atoms with Crippen LogP contribution in [0.4, 0.5) is 0 Å². The fraction of sp³-hybridized carbons (Fsp3) is 0.429. The van der Waals surface area contributed by atoms with Gasteiger partial charge in [-0.25, -0.2) is 0 Å². The van der Waals surface area contributed by atoms with Gasteiger partial charge in [0.05, 0.1) is 19.7 Å². The van der Waals surface area contributed by atoms with Crippen molar-refractivity contribution in [3.63, 3.8) is 0 Å². The first kappa shape index (κ1) is 25.0. The van der Waals surface area contributed by atoms with E-state index in [2.05, 4.69) is 15.6 Å². The van der Waals surface area contributed by atoms with Gasteiger partial charge in [-0.1, -0.05) is 6.07 Å². The molecule has 1 saturated carbocycles. The molecule has 29 heavy (non-hydrogen) atoms. The predicted molar refractivity (Wildman–Crippen MR) is 118 cm³/mol. The fourth-order valence-electron chi connectivity index (χ4n) is 2.80. The molecule has 0 bridgehead atoms. The molecule has 2 N–H and O–H groups in total. The Kier molecular flexibility index (Phi) is 10.8. The maximum atomic E-state index is 12.1. The van der Waals surface area contributed by atoms with Crippen LogP contribution in [0.25, 0.3) is 0 Å². The lowest BCUT2D eigenvalue weighted by Gasteiger charge is -2.17. The second-order valence-electron chi connectivity index (χ2n) is 6.92. The highest BCUT2D eigenvalue weighted by molar-refractivity contribution is 5.85. The third-order valence-corrected chi connectivity index (χ3v) is 4.62.